The monoisotopic (exact) mass is 347 g/mol. The molecule has 0 radical (unpaired) electrons. The number of nitrogens with zero attached hydrogens (tertiary/aromatic N) is 1. The van der Waals surface area contributed by atoms with Crippen molar-refractivity contribution in [1.82, 2.24) is 4.98 Å². The van der Waals surface area contributed by atoms with Crippen LogP contribution in [0.2, 0.25) is 0 Å². The number of Topliss-reactive ketones (excluding diaryl/α,β-unsaturated/α-hetero) is 1. The molecule has 6 heteroatoms. The highest BCUT2D eigenvalue weighted by molar-refractivity contribution is 6.09. The van der Waals surface area contributed by atoms with Crippen molar-refractivity contribution >= 4 is 35.5 Å². The van der Waals surface area contributed by atoms with Crippen LogP contribution in [0.1, 0.15) is 51.0 Å². The molecule has 1 aromatic carbocycles. The number of nitrogen functional groups attached to an aromatic ring is 1. The zero-order valence-electron chi connectivity index (χ0n) is 14.1. The Morgan fingerprint density at radius 1 is 1.25 bits per heavy atom. The average molecular weight is 348 g/mol. The number of aromatic amines is 1. The molecule has 0 saturated carbocycles. The summed E-state index contributed by atoms with van der Waals surface area (Å²) in [5.74, 6) is -0.136. The highest BCUT2D eigenvalue weighted by atomic mass is 35.5. The van der Waals surface area contributed by atoms with Gasteiger partial charge in [0.1, 0.15) is 5.69 Å². The molecular formula is C18H22ClN3O2. The van der Waals surface area contributed by atoms with Crippen LogP contribution in [0.25, 0.3) is 0 Å². The number of hydrogen-bond acceptors (Lipinski definition) is 3. The fourth-order valence-corrected chi connectivity index (χ4v) is 3.49. The number of hydrogen-bond donors (Lipinski definition) is 2. The van der Waals surface area contributed by atoms with Crippen molar-refractivity contribution in [3.05, 3.63) is 46.3 Å². The van der Waals surface area contributed by atoms with Crippen LogP contribution in [-0.4, -0.2) is 23.2 Å². The Morgan fingerprint density at radius 2 is 1.96 bits per heavy atom. The number of carbonyl (C=O) groups is 2. The summed E-state index contributed by atoms with van der Waals surface area (Å²) in [7, 11) is 0. The fraction of sp³-hybridized carbons (Fsp3) is 0.333. The van der Waals surface area contributed by atoms with Crippen LogP contribution in [0.15, 0.2) is 18.2 Å². The summed E-state index contributed by atoms with van der Waals surface area (Å²) in [5, 5.41) is 0. The number of fused-ring (bicyclic) bond motifs is 1. The zero-order chi connectivity index (χ0) is 16.7. The lowest BCUT2D eigenvalue weighted by molar-refractivity contribution is 0.0980. The SMILES string of the molecule is CC(=O)c1c(C)[nH]c(C(=O)N2CCCc3c(N)cccc32)c1C.Cl. The standard InChI is InChI=1S/C18H21N3O2.ClH/c1-10-16(12(3)22)11(2)20-17(10)18(23)21-9-5-6-13-14(19)7-4-8-15(13)21;/h4,7-8,20H,5-6,9,19H2,1-3H3;1H. The van der Waals surface area contributed by atoms with E-state index in [1.165, 1.54) is 6.92 Å². The van der Waals surface area contributed by atoms with Crippen LogP contribution in [0.5, 0.6) is 0 Å². The molecule has 2 heterocycles. The summed E-state index contributed by atoms with van der Waals surface area (Å²) in [5.41, 5.74) is 11.2. The predicted molar refractivity (Wildman–Crippen MR) is 98.4 cm³/mol. The number of aromatic nitrogens is 1. The number of benzene rings is 1. The van der Waals surface area contributed by atoms with E-state index in [1.807, 2.05) is 32.0 Å². The van der Waals surface area contributed by atoms with Gasteiger partial charge in [-0.05, 0) is 56.9 Å². The van der Waals surface area contributed by atoms with E-state index in [1.54, 1.807) is 4.90 Å². The number of carbonyl (C=O) groups excluding carboxylic acids is 2. The van der Waals surface area contributed by atoms with Crippen molar-refractivity contribution in [2.75, 3.05) is 17.2 Å². The number of rotatable bonds is 2. The third-order valence-electron chi connectivity index (χ3n) is 4.54. The lowest BCUT2D eigenvalue weighted by Gasteiger charge is -2.30. The predicted octanol–water partition coefficient (Wildman–Crippen LogP) is 3.43. The summed E-state index contributed by atoms with van der Waals surface area (Å²) >= 11 is 0. The fourth-order valence-electron chi connectivity index (χ4n) is 3.49. The second-order valence-electron chi connectivity index (χ2n) is 6.09. The smallest absolute Gasteiger partial charge is 0.274 e. The van der Waals surface area contributed by atoms with Gasteiger partial charge in [0.15, 0.2) is 5.78 Å². The van der Waals surface area contributed by atoms with E-state index >= 15 is 0 Å². The first-order valence-electron chi connectivity index (χ1n) is 7.81. The van der Waals surface area contributed by atoms with E-state index in [2.05, 4.69) is 4.98 Å². The van der Waals surface area contributed by atoms with Gasteiger partial charge >= 0.3 is 0 Å². The minimum absolute atomic E-state index is 0. The molecular weight excluding hydrogens is 326 g/mol. The van der Waals surface area contributed by atoms with E-state index in [-0.39, 0.29) is 24.1 Å². The Balaban J connectivity index is 0.00000208. The molecule has 1 amide bonds. The third-order valence-corrected chi connectivity index (χ3v) is 4.54. The number of nitrogens with two attached hydrogens (primary N) is 1. The van der Waals surface area contributed by atoms with Gasteiger partial charge in [0.2, 0.25) is 0 Å². The molecule has 0 saturated heterocycles. The Hall–Kier alpha value is -2.27. The van der Waals surface area contributed by atoms with Gasteiger partial charge in [-0.25, -0.2) is 0 Å². The van der Waals surface area contributed by atoms with E-state index in [9.17, 15) is 9.59 Å². The maximum absolute atomic E-state index is 13.0. The first-order valence-corrected chi connectivity index (χ1v) is 7.81. The maximum Gasteiger partial charge on any atom is 0.274 e. The summed E-state index contributed by atoms with van der Waals surface area (Å²) in [6.07, 6.45) is 1.76. The summed E-state index contributed by atoms with van der Waals surface area (Å²) < 4.78 is 0. The van der Waals surface area contributed by atoms with Crippen molar-refractivity contribution in [2.45, 2.75) is 33.6 Å². The maximum atomic E-state index is 13.0. The van der Waals surface area contributed by atoms with E-state index in [0.29, 0.717) is 17.8 Å². The molecule has 2 aromatic rings. The largest absolute Gasteiger partial charge is 0.398 e. The number of halogens is 1. The molecule has 1 aromatic heterocycles. The first-order chi connectivity index (χ1) is 10.9. The van der Waals surface area contributed by atoms with Gasteiger partial charge in [-0.2, -0.15) is 0 Å². The Morgan fingerprint density at radius 3 is 2.58 bits per heavy atom. The number of ketones is 1. The second-order valence-corrected chi connectivity index (χ2v) is 6.09. The molecule has 1 aliphatic rings. The van der Waals surface area contributed by atoms with Crippen molar-refractivity contribution in [2.24, 2.45) is 0 Å². The molecule has 24 heavy (non-hydrogen) atoms. The summed E-state index contributed by atoms with van der Waals surface area (Å²) in [6.45, 7) is 5.82. The van der Waals surface area contributed by atoms with Gasteiger partial charge in [0, 0.05) is 29.2 Å². The molecule has 128 valence electrons. The first kappa shape index (κ1) is 18.1. The normalized spacial score (nSPS) is 13.2. The number of aryl methyl sites for hydroxylation is 1. The zero-order valence-corrected chi connectivity index (χ0v) is 14.9. The van der Waals surface area contributed by atoms with Gasteiger partial charge < -0.3 is 15.6 Å². The number of anilines is 2. The summed E-state index contributed by atoms with van der Waals surface area (Å²) in [4.78, 5) is 29.7. The molecule has 3 rings (SSSR count). The highest BCUT2D eigenvalue weighted by Gasteiger charge is 2.28. The van der Waals surface area contributed by atoms with E-state index in [0.717, 1.165) is 41.0 Å². The molecule has 0 fully saturated rings. The number of nitrogens with one attached hydrogen (secondary N) is 1. The lowest BCUT2D eigenvalue weighted by atomic mass is 9.99. The van der Waals surface area contributed by atoms with E-state index in [4.69, 9.17) is 5.73 Å². The van der Waals surface area contributed by atoms with Crippen molar-refractivity contribution < 1.29 is 9.59 Å². The molecule has 0 aliphatic carbocycles. The van der Waals surface area contributed by atoms with Gasteiger partial charge in [0.25, 0.3) is 5.91 Å². The Labute approximate surface area is 147 Å². The number of H-pyrrole nitrogens is 1. The minimum atomic E-state index is -0.107. The molecule has 5 nitrogen and oxygen atoms in total. The molecule has 0 spiro atoms. The van der Waals surface area contributed by atoms with Gasteiger partial charge in [-0.3, -0.25) is 9.59 Å². The molecule has 0 bridgehead atoms. The highest BCUT2D eigenvalue weighted by Crippen LogP contribution is 2.33. The third kappa shape index (κ3) is 2.80. The molecule has 0 unspecified atom stereocenters. The van der Waals surface area contributed by atoms with Gasteiger partial charge in [0.05, 0.1) is 0 Å². The van der Waals surface area contributed by atoms with Crippen LogP contribution in [0, 0.1) is 13.8 Å². The quantitative estimate of drug-likeness (QED) is 0.645. The Bertz CT molecular complexity index is 811. The average Bonchev–Trinajstić information content (AvgIpc) is 2.81. The van der Waals surface area contributed by atoms with Crippen LogP contribution < -0.4 is 10.6 Å². The van der Waals surface area contributed by atoms with Gasteiger partial charge in [-0.1, -0.05) is 6.07 Å². The lowest BCUT2D eigenvalue weighted by Crippen LogP contribution is -2.36. The van der Waals surface area contributed by atoms with Crippen molar-refractivity contribution in [3.8, 4) is 0 Å². The molecule has 1 aliphatic heterocycles. The minimum Gasteiger partial charge on any atom is -0.398 e. The Kier molecular flexibility index (Phi) is 5.04. The van der Waals surface area contributed by atoms with Crippen LogP contribution in [-0.2, 0) is 6.42 Å². The second kappa shape index (κ2) is 6.69. The van der Waals surface area contributed by atoms with Crippen molar-refractivity contribution in [1.29, 1.82) is 0 Å². The topological polar surface area (TPSA) is 79.2 Å². The van der Waals surface area contributed by atoms with Gasteiger partial charge in [-0.15, -0.1) is 12.4 Å². The molecule has 0 atom stereocenters. The van der Waals surface area contributed by atoms with Crippen LogP contribution in [0.4, 0.5) is 11.4 Å². The number of amides is 1. The van der Waals surface area contributed by atoms with Crippen molar-refractivity contribution in [3.63, 3.8) is 0 Å². The summed E-state index contributed by atoms with van der Waals surface area (Å²) in [6, 6.07) is 5.66. The van der Waals surface area contributed by atoms with Crippen LogP contribution in [0.3, 0.4) is 0 Å². The van der Waals surface area contributed by atoms with E-state index < -0.39 is 0 Å². The van der Waals surface area contributed by atoms with Crippen LogP contribution >= 0.6 is 12.4 Å². The molecule has 3 N–H and O–H groups in total.